The van der Waals surface area contributed by atoms with Crippen LogP contribution in [0.2, 0.25) is 0 Å². The van der Waals surface area contributed by atoms with Gasteiger partial charge in [0.25, 0.3) is 11.5 Å². The van der Waals surface area contributed by atoms with Crippen molar-refractivity contribution >= 4 is 16.9 Å². The summed E-state index contributed by atoms with van der Waals surface area (Å²) in [5.41, 5.74) is 1.05. The number of hydrogen-bond acceptors (Lipinski definition) is 6. The van der Waals surface area contributed by atoms with Crippen LogP contribution >= 0.6 is 0 Å². The highest BCUT2D eigenvalue weighted by Gasteiger charge is 2.23. The van der Waals surface area contributed by atoms with Gasteiger partial charge in [0.1, 0.15) is 16.9 Å². The van der Waals surface area contributed by atoms with Crippen molar-refractivity contribution in [3.8, 4) is 5.75 Å². The summed E-state index contributed by atoms with van der Waals surface area (Å²) in [6, 6.07) is 7.80. The average molecular weight is 429 g/mol. The van der Waals surface area contributed by atoms with Crippen LogP contribution in [0.3, 0.4) is 0 Å². The van der Waals surface area contributed by atoms with Crippen molar-refractivity contribution in [1.29, 1.82) is 0 Å². The Morgan fingerprint density at radius 1 is 1.26 bits per heavy atom. The third kappa shape index (κ3) is 5.07. The summed E-state index contributed by atoms with van der Waals surface area (Å²) in [4.78, 5) is 29.8. The Hall–Kier alpha value is -3.30. The highest BCUT2D eigenvalue weighted by atomic mass is 19.1. The third-order valence-electron chi connectivity index (χ3n) is 4.81. The molecule has 0 aliphatic carbocycles. The number of fused-ring (bicyclic) bond motifs is 1. The van der Waals surface area contributed by atoms with Gasteiger partial charge < -0.3 is 24.8 Å². The number of ether oxygens (including phenoxy) is 1. The van der Waals surface area contributed by atoms with Gasteiger partial charge in [0.05, 0.1) is 12.1 Å². The number of amides is 1. The normalized spacial score (nSPS) is 11.1. The number of nitrogens with zero attached hydrogens (tertiary/aromatic N) is 2. The monoisotopic (exact) mass is 429 g/mol. The van der Waals surface area contributed by atoms with Crippen molar-refractivity contribution in [2.45, 2.75) is 19.4 Å². The van der Waals surface area contributed by atoms with E-state index in [0.717, 1.165) is 11.1 Å². The van der Waals surface area contributed by atoms with Crippen LogP contribution in [0.4, 0.5) is 4.39 Å². The number of aliphatic hydroxyl groups is 1. The van der Waals surface area contributed by atoms with Crippen LogP contribution in [0.15, 0.2) is 41.3 Å². The summed E-state index contributed by atoms with van der Waals surface area (Å²) in [6.45, 7) is 0.311. The van der Waals surface area contributed by atoms with Gasteiger partial charge in [0, 0.05) is 33.0 Å². The molecule has 9 heteroatoms. The maximum absolute atomic E-state index is 13.2. The minimum atomic E-state index is -0.781. The molecule has 0 aliphatic heterocycles. The zero-order valence-corrected chi connectivity index (χ0v) is 17.1. The Bertz CT molecular complexity index is 1130. The Morgan fingerprint density at radius 3 is 2.68 bits per heavy atom. The van der Waals surface area contributed by atoms with Gasteiger partial charge in [-0.15, -0.1) is 0 Å². The number of aromatic nitrogens is 2. The van der Waals surface area contributed by atoms with Gasteiger partial charge in [0.2, 0.25) is 0 Å². The third-order valence-corrected chi connectivity index (χ3v) is 4.81. The van der Waals surface area contributed by atoms with Crippen molar-refractivity contribution in [3.05, 3.63) is 69.4 Å². The van der Waals surface area contributed by atoms with Crippen molar-refractivity contribution in [3.63, 3.8) is 0 Å². The van der Waals surface area contributed by atoms with E-state index in [9.17, 15) is 19.1 Å². The zero-order chi connectivity index (χ0) is 22.4. The molecular formula is C22H24FN3O5. The fourth-order valence-corrected chi connectivity index (χ4v) is 3.33. The zero-order valence-electron chi connectivity index (χ0n) is 17.1. The largest absolute Gasteiger partial charge is 0.505 e. The van der Waals surface area contributed by atoms with E-state index in [-0.39, 0.29) is 31.0 Å². The second-order valence-electron chi connectivity index (χ2n) is 7.02. The highest BCUT2D eigenvalue weighted by molar-refractivity contribution is 6.01. The number of aromatic hydroxyl groups is 1. The number of aliphatic hydroxyl groups excluding tert-OH is 1. The highest BCUT2D eigenvalue weighted by Crippen LogP contribution is 2.26. The molecule has 2 heterocycles. The molecular weight excluding hydrogens is 405 g/mol. The number of nitrogens with one attached hydrogen (secondary N) is 1. The molecule has 3 aromatic rings. The van der Waals surface area contributed by atoms with Crippen molar-refractivity contribution in [2.24, 2.45) is 0 Å². The quantitative estimate of drug-likeness (QED) is 0.445. The molecule has 164 valence electrons. The SMILES string of the molecule is COCCCn1c(=O)c(C(=O)NCCO)c(O)c2ncc(Cc3ccc(F)cc3)cc21. The lowest BCUT2D eigenvalue weighted by atomic mass is 10.1. The van der Waals surface area contributed by atoms with E-state index in [1.807, 2.05) is 0 Å². The summed E-state index contributed by atoms with van der Waals surface area (Å²) in [5.74, 6) is -1.62. The molecule has 0 saturated heterocycles. The van der Waals surface area contributed by atoms with Crippen LogP contribution in [-0.2, 0) is 17.7 Å². The van der Waals surface area contributed by atoms with E-state index >= 15 is 0 Å². The van der Waals surface area contributed by atoms with E-state index in [1.165, 1.54) is 16.7 Å². The number of halogens is 1. The number of pyridine rings is 2. The van der Waals surface area contributed by atoms with Gasteiger partial charge in [0.15, 0.2) is 5.75 Å². The van der Waals surface area contributed by atoms with Crippen LogP contribution in [0.1, 0.15) is 27.9 Å². The molecule has 31 heavy (non-hydrogen) atoms. The number of carbonyl (C=O) groups is 1. The predicted molar refractivity (Wildman–Crippen MR) is 113 cm³/mol. The molecule has 0 radical (unpaired) electrons. The average Bonchev–Trinajstić information content (AvgIpc) is 2.76. The predicted octanol–water partition coefficient (Wildman–Crippen LogP) is 1.59. The molecule has 0 unspecified atom stereocenters. The Balaban J connectivity index is 2.10. The first-order chi connectivity index (χ1) is 15.0. The van der Waals surface area contributed by atoms with Gasteiger partial charge in [-0.3, -0.25) is 14.6 Å². The molecule has 0 aliphatic rings. The molecule has 1 aromatic carbocycles. The molecule has 8 nitrogen and oxygen atoms in total. The minimum absolute atomic E-state index is 0.0521. The fraction of sp³-hybridized carbons (Fsp3) is 0.318. The molecule has 0 spiro atoms. The standard InChI is InChI=1S/C22H24FN3O5/c1-31-10-2-8-26-17-12-15(11-14-3-5-16(23)6-4-14)13-25-19(17)20(28)18(22(26)30)21(29)24-7-9-27/h3-6,12-13,27-28H,2,7-11H2,1H3,(H,24,29). The fourth-order valence-electron chi connectivity index (χ4n) is 3.33. The van der Waals surface area contributed by atoms with Crippen molar-refractivity contribution in [1.82, 2.24) is 14.9 Å². The van der Waals surface area contributed by atoms with E-state index < -0.39 is 22.8 Å². The van der Waals surface area contributed by atoms with Gasteiger partial charge in [-0.1, -0.05) is 12.1 Å². The summed E-state index contributed by atoms with van der Waals surface area (Å²) in [6.07, 6.45) is 2.51. The molecule has 3 N–H and O–H groups in total. The lowest BCUT2D eigenvalue weighted by Crippen LogP contribution is -2.35. The van der Waals surface area contributed by atoms with Gasteiger partial charge in [-0.25, -0.2) is 4.39 Å². The smallest absolute Gasteiger partial charge is 0.267 e. The molecule has 0 atom stereocenters. The molecule has 2 aromatic heterocycles. The number of hydrogen-bond donors (Lipinski definition) is 3. The second-order valence-corrected chi connectivity index (χ2v) is 7.02. The molecule has 0 fully saturated rings. The van der Waals surface area contributed by atoms with Crippen LogP contribution in [-0.4, -0.2) is 52.5 Å². The summed E-state index contributed by atoms with van der Waals surface area (Å²) < 4.78 is 19.6. The van der Waals surface area contributed by atoms with Crippen molar-refractivity contribution in [2.75, 3.05) is 26.9 Å². The second kappa shape index (κ2) is 10.1. The molecule has 1 amide bonds. The van der Waals surface area contributed by atoms with Crippen LogP contribution < -0.4 is 10.9 Å². The number of methoxy groups -OCH3 is 1. The van der Waals surface area contributed by atoms with E-state index in [4.69, 9.17) is 9.84 Å². The first-order valence-electron chi connectivity index (χ1n) is 9.83. The maximum Gasteiger partial charge on any atom is 0.267 e. The molecule has 0 saturated carbocycles. The summed E-state index contributed by atoms with van der Waals surface area (Å²) >= 11 is 0. The molecule has 0 bridgehead atoms. The molecule has 3 rings (SSSR count). The van der Waals surface area contributed by atoms with Crippen LogP contribution in [0, 0.1) is 5.82 Å². The lowest BCUT2D eigenvalue weighted by molar-refractivity contribution is 0.0940. The number of carbonyl (C=O) groups excluding carboxylic acids is 1. The van der Waals surface area contributed by atoms with E-state index in [1.54, 1.807) is 31.5 Å². The lowest BCUT2D eigenvalue weighted by Gasteiger charge is -2.15. The maximum atomic E-state index is 13.2. The van der Waals surface area contributed by atoms with Gasteiger partial charge >= 0.3 is 0 Å². The summed E-state index contributed by atoms with van der Waals surface area (Å²) in [7, 11) is 1.55. The Morgan fingerprint density at radius 2 is 2.00 bits per heavy atom. The number of aryl methyl sites for hydroxylation is 1. The topological polar surface area (TPSA) is 114 Å². The van der Waals surface area contributed by atoms with Crippen LogP contribution in [0.25, 0.3) is 11.0 Å². The first kappa shape index (κ1) is 22.4. The van der Waals surface area contributed by atoms with E-state index in [2.05, 4.69) is 10.3 Å². The number of rotatable bonds is 9. The summed E-state index contributed by atoms with van der Waals surface area (Å²) in [5, 5.41) is 22.0. The van der Waals surface area contributed by atoms with E-state index in [0.29, 0.717) is 25.0 Å². The van der Waals surface area contributed by atoms with Gasteiger partial charge in [-0.05, 0) is 42.2 Å². The first-order valence-corrected chi connectivity index (χ1v) is 9.83. The van der Waals surface area contributed by atoms with Crippen LogP contribution in [0.5, 0.6) is 5.75 Å². The Kier molecular flexibility index (Phi) is 7.32. The minimum Gasteiger partial charge on any atom is -0.505 e. The van der Waals surface area contributed by atoms with Gasteiger partial charge in [-0.2, -0.15) is 0 Å². The number of benzene rings is 1. The Labute approximate surface area is 177 Å². The van der Waals surface area contributed by atoms with Crippen molar-refractivity contribution < 1.29 is 24.1 Å².